The largest absolute Gasteiger partial charge is 0.372 e. The van der Waals surface area contributed by atoms with E-state index in [2.05, 4.69) is 12.2 Å². The van der Waals surface area contributed by atoms with Gasteiger partial charge in [-0.05, 0) is 31.4 Å². The normalized spacial score (nSPS) is 17.4. The van der Waals surface area contributed by atoms with Gasteiger partial charge in [0.15, 0.2) is 0 Å². The molecule has 1 fully saturated rings. The summed E-state index contributed by atoms with van der Waals surface area (Å²) >= 11 is 6.05. The molecular weight excluding hydrogens is 222 g/mol. The van der Waals surface area contributed by atoms with Crippen LogP contribution in [0.4, 0.5) is 0 Å². The number of halogens is 1. The lowest BCUT2D eigenvalue weighted by molar-refractivity contribution is 0.0530. The molecule has 0 heterocycles. The lowest BCUT2D eigenvalue weighted by atomic mass is 10.2. The van der Waals surface area contributed by atoms with E-state index in [0.717, 1.165) is 23.2 Å². The number of hydrogen-bond donors (Lipinski definition) is 1. The Morgan fingerprint density at radius 1 is 1.44 bits per heavy atom. The molecule has 0 amide bonds. The van der Waals surface area contributed by atoms with Crippen LogP contribution < -0.4 is 5.32 Å². The Bertz CT molecular complexity index is 338. The fourth-order valence-corrected chi connectivity index (χ4v) is 1.72. The van der Waals surface area contributed by atoms with Gasteiger partial charge in [-0.2, -0.15) is 0 Å². The molecule has 88 valence electrons. The Morgan fingerprint density at radius 3 is 2.88 bits per heavy atom. The maximum Gasteiger partial charge on any atom is 0.0735 e. The first-order valence-electron chi connectivity index (χ1n) is 5.84. The third kappa shape index (κ3) is 3.78. The van der Waals surface area contributed by atoms with Crippen LogP contribution >= 0.6 is 11.6 Å². The van der Waals surface area contributed by atoms with Crippen molar-refractivity contribution >= 4 is 11.6 Å². The lowest BCUT2D eigenvalue weighted by Crippen LogP contribution is -2.28. The van der Waals surface area contributed by atoms with Gasteiger partial charge in [0.05, 0.1) is 12.7 Å². The third-order valence-corrected chi connectivity index (χ3v) is 3.12. The van der Waals surface area contributed by atoms with E-state index in [1.165, 1.54) is 12.8 Å². The molecule has 0 bridgehead atoms. The molecule has 2 rings (SSSR count). The highest BCUT2D eigenvalue weighted by Gasteiger charge is 2.20. The number of benzene rings is 1. The SMILES string of the molecule is CC(CNC1CC1)OCc1ccccc1Cl. The third-order valence-electron chi connectivity index (χ3n) is 2.75. The van der Waals surface area contributed by atoms with Crippen molar-refractivity contribution in [1.82, 2.24) is 5.32 Å². The molecule has 16 heavy (non-hydrogen) atoms. The molecule has 0 radical (unpaired) electrons. The van der Waals surface area contributed by atoms with E-state index in [1.54, 1.807) is 0 Å². The first-order valence-corrected chi connectivity index (χ1v) is 6.22. The number of nitrogens with one attached hydrogen (secondary N) is 1. The van der Waals surface area contributed by atoms with Crippen molar-refractivity contribution in [1.29, 1.82) is 0 Å². The summed E-state index contributed by atoms with van der Waals surface area (Å²) in [5.74, 6) is 0. The van der Waals surface area contributed by atoms with Crippen LogP contribution in [0.5, 0.6) is 0 Å². The smallest absolute Gasteiger partial charge is 0.0735 e. The van der Waals surface area contributed by atoms with Gasteiger partial charge in [0, 0.05) is 17.6 Å². The Morgan fingerprint density at radius 2 is 2.19 bits per heavy atom. The molecule has 1 aliphatic carbocycles. The Balaban J connectivity index is 1.71. The van der Waals surface area contributed by atoms with Crippen LogP contribution in [-0.2, 0) is 11.3 Å². The highest BCUT2D eigenvalue weighted by molar-refractivity contribution is 6.31. The lowest BCUT2D eigenvalue weighted by Gasteiger charge is -2.14. The molecule has 1 N–H and O–H groups in total. The maximum absolute atomic E-state index is 6.05. The average Bonchev–Trinajstić information content (AvgIpc) is 3.09. The van der Waals surface area contributed by atoms with E-state index < -0.39 is 0 Å². The summed E-state index contributed by atoms with van der Waals surface area (Å²) in [4.78, 5) is 0. The quantitative estimate of drug-likeness (QED) is 0.824. The summed E-state index contributed by atoms with van der Waals surface area (Å²) in [5, 5.41) is 4.23. The molecule has 1 atom stereocenters. The molecule has 1 aromatic carbocycles. The van der Waals surface area contributed by atoms with Gasteiger partial charge in [0.2, 0.25) is 0 Å². The van der Waals surface area contributed by atoms with Crippen LogP contribution in [-0.4, -0.2) is 18.7 Å². The van der Waals surface area contributed by atoms with Crippen LogP contribution in [0.3, 0.4) is 0 Å². The van der Waals surface area contributed by atoms with Crippen LogP contribution in [0.2, 0.25) is 5.02 Å². The Kier molecular flexibility index (Phi) is 4.22. The molecule has 1 aliphatic rings. The van der Waals surface area contributed by atoms with Crippen molar-refractivity contribution in [3.8, 4) is 0 Å². The second-order valence-electron chi connectivity index (χ2n) is 4.40. The van der Waals surface area contributed by atoms with E-state index in [1.807, 2.05) is 24.3 Å². The zero-order valence-electron chi connectivity index (χ0n) is 9.58. The molecule has 0 aromatic heterocycles. The first kappa shape index (κ1) is 11.9. The van der Waals surface area contributed by atoms with Crippen molar-refractivity contribution < 1.29 is 4.74 Å². The number of ether oxygens (including phenoxy) is 1. The fourth-order valence-electron chi connectivity index (χ4n) is 1.53. The Labute approximate surface area is 102 Å². The molecular formula is C13H18ClNO. The molecule has 1 aromatic rings. The summed E-state index contributed by atoms with van der Waals surface area (Å²) in [6.45, 7) is 3.61. The molecule has 0 aliphatic heterocycles. The summed E-state index contributed by atoms with van der Waals surface area (Å²) in [7, 11) is 0. The van der Waals surface area contributed by atoms with E-state index in [-0.39, 0.29) is 6.10 Å². The minimum Gasteiger partial charge on any atom is -0.372 e. The van der Waals surface area contributed by atoms with Gasteiger partial charge >= 0.3 is 0 Å². The van der Waals surface area contributed by atoms with Crippen LogP contribution in [0.25, 0.3) is 0 Å². The summed E-state index contributed by atoms with van der Waals surface area (Å²) in [6.07, 6.45) is 2.87. The van der Waals surface area contributed by atoms with Crippen LogP contribution in [0, 0.1) is 0 Å². The van der Waals surface area contributed by atoms with Gasteiger partial charge in [-0.3, -0.25) is 0 Å². The molecule has 1 saturated carbocycles. The van der Waals surface area contributed by atoms with E-state index in [0.29, 0.717) is 6.61 Å². The van der Waals surface area contributed by atoms with E-state index in [9.17, 15) is 0 Å². The Hall–Kier alpha value is -0.570. The maximum atomic E-state index is 6.05. The predicted molar refractivity (Wildman–Crippen MR) is 66.7 cm³/mol. The highest BCUT2D eigenvalue weighted by atomic mass is 35.5. The van der Waals surface area contributed by atoms with Gasteiger partial charge in [-0.25, -0.2) is 0 Å². The van der Waals surface area contributed by atoms with Crippen molar-refractivity contribution in [2.75, 3.05) is 6.54 Å². The average molecular weight is 240 g/mol. The van der Waals surface area contributed by atoms with Crippen LogP contribution in [0.15, 0.2) is 24.3 Å². The predicted octanol–water partition coefficient (Wildman–Crippen LogP) is 3.00. The van der Waals surface area contributed by atoms with Crippen molar-refractivity contribution in [2.24, 2.45) is 0 Å². The molecule has 0 saturated heterocycles. The van der Waals surface area contributed by atoms with Gasteiger partial charge in [-0.15, -0.1) is 0 Å². The standard InChI is InChI=1S/C13H18ClNO/c1-10(8-15-12-6-7-12)16-9-11-4-2-3-5-13(11)14/h2-5,10,12,15H,6-9H2,1H3. The van der Waals surface area contributed by atoms with Gasteiger partial charge in [0.1, 0.15) is 0 Å². The number of rotatable bonds is 6. The van der Waals surface area contributed by atoms with Crippen LogP contribution in [0.1, 0.15) is 25.3 Å². The number of hydrogen-bond acceptors (Lipinski definition) is 2. The van der Waals surface area contributed by atoms with Crippen molar-refractivity contribution in [2.45, 2.75) is 38.5 Å². The summed E-state index contributed by atoms with van der Waals surface area (Å²) < 4.78 is 5.74. The van der Waals surface area contributed by atoms with Gasteiger partial charge in [0.25, 0.3) is 0 Å². The zero-order chi connectivity index (χ0) is 11.4. The zero-order valence-corrected chi connectivity index (χ0v) is 10.3. The van der Waals surface area contributed by atoms with Gasteiger partial charge < -0.3 is 10.1 Å². The highest BCUT2D eigenvalue weighted by Crippen LogP contribution is 2.19. The minimum absolute atomic E-state index is 0.233. The molecule has 2 nitrogen and oxygen atoms in total. The second-order valence-corrected chi connectivity index (χ2v) is 4.80. The summed E-state index contributed by atoms with van der Waals surface area (Å²) in [6, 6.07) is 8.56. The first-order chi connectivity index (χ1) is 7.75. The fraction of sp³-hybridized carbons (Fsp3) is 0.538. The minimum atomic E-state index is 0.233. The van der Waals surface area contributed by atoms with E-state index >= 15 is 0 Å². The monoisotopic (exact) mass is 239 g/mol. The van der Waals surface area contributed by atoms with Crippen molar-refractivity contribution in [3.05, 3.63) is 34.9 Å². The van der Waals surface area contributed by atoms with Crippen molar-refractivity contribution in [3.63, 3.8) is 0 Å². The topological polar surface area (TPSA) is 21.3 Å². The van der Waals surface area contributed by atoms with E-state index in [4.69, 9.17) is 16.3 Å². The molecule has 0 spiro atoms. The second kappa shape index (κ2) is 5.67. The summed E-state index contributed by atoms with van der Waals surface area (Å²) in [5.41, 5.74) is 1.06. The molecule has 1 unspecified atom stereocenters. The van der Waals surface area contributed by atoms with Gasteiger partial charge in [-0.1, -0.05) is 29.8 Å². The molecule has 3 heteroatoms.